The maximum atomic E-state index is 12.6. The number of para-hydroxylation sites is 2. The number of hydrogen-bond donors (Lipinski definition) is 1. The van der Waals surface area contributed by atoms with Gasteiger partial charge in [-0.05, 0) is 13.0 Å². The molecule has 10 heteroatoms. The van der Waals surface area contributed by atoms with Crippen molar-refractivity contribution in [2.45, 2.75) is 13.0 Å². The molecule has 1 aromatic carbocycles. The number of esters is 1. The highest BCUT2D eigenvalue weighted by Crippen LogP contribution is 2.35. The molecule has 0 bridgehead atoms. The summed E-state index contributed by atoms with van der Waals surface area (Å²) in [4.78, 5) is 48.2. The van der Waals surface area contributed by atoms with Crippen molar-refractivity contribution < 1.29 is 24.0 Å². The summed E-state index contributed by atoms with van der Waals surface area (Å²) in [6.45, 7) is 1.69. The van der Waals surface area contributed by atoms with Crippen LogP contribution in [0.4, 0.5) is 11.4 Å². The second kappa shape index (κ2) is 5.72. The second-order valence-corrected chi connectivity index (χ2v) is 5.06. The van der Waals surface area contributed by atoms with E-state index in [0.717, 1.165) is 0 Å². The van der Waals surface area contributed by atoms with Crippen LogP contribution in [0.25, 0.3) is 0 Å². The van der Waals surface area contributed by atoms with Crippen LogP contribution in [0.5, 0.6) is 0 Å². The van der Waals surface area contributed by atoms with Crippen molar-refractivity contribution in [1.82, 2.24) is 5.43 Å². The number of ether oxygens (including phenoxy) is 1. The number of carbonyl (C=O) groups excluding carboxylic acids is 3. The quantitative estimate of drug-likeness (QED) is 0.354. The summed E-state index contributed by atoms with van der Waals surface area (Å²) in [7, 11) is 0. The van der Waals surface area contributed by atoms with E-state index in [1.807, 2.05) is 0 Å². The zero-order valence-electron chi connectivity index (χ0n) is 12.5. The minimum atomic E-state index is -1.16. The van der Waals surface area contributed by atoms with Gasteiger partial charge in [-0.25, -0.2) is 9.69 Å². The Morgan fingerprint density at radius 3 is 2.75 bits per heavy atom. The number of fused-ring (bicyclic) bond motifs is 1. The Hall–Kier alpha value is -3.30. The molecule has 10 nitrogen and oxygen atoms in total. The van der Waals surface area contributed by atoms with Gasteiger partial charge in [0.2, 0.25) is 5.91 Å². The highest BCUT2D eigenvalue weighted by Gasteiger charge is 2.56. The lowest BCUT2D eigenvalue weighted by atomic mass is 9.99. The number of nitrogens with zero attached hydrogens (tertiary/aromatic N) is 3. The van der Waals surface area contributed by atoms with Gasteiger partial charge in [-0.1, -0.05) is 12.1 Å². The number of benzene rings is 1. The van der Waals surface area contributed by atoms with Crippen molar-refractivity contribution in [2.24, 2.45) is 11.0 Å². The normalized spacial score (nSPS) is 22.0. The van der Waals surface area contributed by atoms with Gasteiger partial charge >= 0.3 is 5.97 Å². The number of hydrogen-bond acceptors (Lipinski definition) is 8. The van der Waals surface area contributed by atoms with Crippen LogP contribution in [-0.2, 0) is 19.1 Å². The van der Waals surface area contributed by atoms with Crippen LogP contribution in [0, 0.1) is 16.0 Å². The first-order chi connectivity index (χ1) is 11.5. The number of nitrogens with one attached hydrogen (secondary N) is 1. The number of carbonyl (C=O) groups is 3. The Balaban J connectivity index is 1.99. The largest absolute Gasteiger partial charge is 0.461 e. The summed E-state index contributed by atoms with van der Waals surface area (Å²) in [6.07, 6.45) is 0. The van der Waals surface area contributed by atoms with Crippen molar-refractivity contribution in [2.75, 3.05) is 11.5 Å². The molecule has 3 rings (SSSR count). The SMILES string of the molecule is CCOC(=O)C1=NNC2C(=O)N(c3ccccc3[N+](=O)[O-])C(=O)C12. The van der Waals surface area contributed by atoms with Crippen molar-refractivity contribution in [3.63, 3.8) is 0 Å². The predicted octanol–water partition coefficient (Wildman–Crippen LogP) is -0.0249. The van der Waals surface area contributed by atoms with Crippen LogP contribution in [-0.4, -0.2) is 41.1 Å². The predicted molar refractivity (Wildman–Crippen MR) is 80.1 cm³/mol. The molecule has 0 aliphatic carbocycles. The standard InChI is InChI=1S/C14H12N4O6/c1-2-24-14(21)11-9-10(15-16-11)13(20)17(12(9)19)7-5-3-4-6-8(7)18(22)23/h3-6,9-10,15H,2H2,1H3. The molecule has 2 aliphatic rings. The van der Waals surface area contributed by atoms with Gasteiger partial charge in [-0.15, -0.1) is 0 Å². The molecule has 2 amide bonds. The molecule has 1 saturated heterocycles. The van der Waals surface area contributed by atoms with Gasteiger partial charge in [0.1, 0.15) is 17.6 Å². The zero-order chi connectivity index (χ0) is 17.4. The summed E-state index contributed by atoms with van der Waals surface area (Å²) in [6, 6.07) is 4.33. The fourth-order valence-corrected chi connectivity index (χ4v) is 2.71. The third-order valence-corrected chi connectivity index (χ3v) is 3.73. The monoisotopic (exact) mass is 332 g/mol. The number of rotatable bonds is 4. The maximum absolute atomic E-state index is 12.6. The molecular formula is C14H12N4O6. The topological polar surface area (TPSA) is 131 Å². The smallest absolute Gasteiger partial charge is 0.355 e. The van der Waals surface area contributed by atoms with Gasteiger partial charge in [-0.3, -0.25) is 25.1 Å². The molecular weight excluding hydrogens is 320 g/mol. The van der Waals surface area contributed by atoms with E-state index in [-0.39, 0.29) is 23.7 Å². The molecule has 0 radical (unpaired) electrons. The Labute approximate surface area is 135 Å². The maximum Gasteiger partial charge on any atom is 0.355 e. The van der Waals surface area contributed by atoms with Crippen LogP contribution >= 0.6 is 0 Å². The molecule has 2 atom stereocenters. The fourth-order valence-electron chi connectivity index (χ4n) is 2.71. The molecule has 2 aliphatic heterocycles. The van der Waals surface area contributed by atoms with Crippen molar-refractivity contribution >= 4 is 34.9 Å². The van der Waals surface area contributed by atoms with E-state index in [9.17, 15) is 24.5 Å². The summed E-state index contributed by atoms with van der Waals surface area (Å²) >= 11 is 0. The third-order valence-electron chi connectivity index (χ3n) is 3.73. The number of anilines is 1. The molecule has 0 aromatic heterocycles. The minimum absolute atomic E-state index is 0.0885. The van der Waals surface area contributed by atoms with Crippen molar-refractivity contribution in [3.8, 4) is 0 Å². The van der Waals surface area contributed by atoms with E-state index < -0.39 is 34.7 Å². The van der Waals surface area contributed by atoms with Gasteiger partial charge < -0.3 is 4.74 Å². The summed E-state index contributed by atoms with van der Waals surface area (Å²) in [5.41, 5.74) is 1.71. The van der Waals surface area contributed by atoms with Gasteiger partial charge in [-0.2, -0.15) is 5.10 Å². The number of nitro groups is 1. The minimum Gasteiger partial charge on any atom is -0.461 e. The summed E-state index contributed by atoms with van der Waals surface area (Å²) < 4.78 is 4.82. The molecule has 24 heavy (non-hydrogen) atoms. The van der Waals surface area contributed by atoms with E-state index in [1.54, 1.807) is 6.92 Å². The van der Waals surface area contributed by atoms with E-state index in [2.05, 4.69) is 10.5 Å². The third kappa shape index (κ3) is 2.19. The average molecular weight is 332 g/mol. The number of imide groups is 1. The molecule has 1 aromatic rings. The number of nitro benzene ring substituents is 1. The Bertz CT molecular complexity index is 789. The van der Waals surface area contributed by atoms with E-state index in [4.69, 9.17) is 4.74 Å². The molecule has 1 fully saturated rings. The van der Waals surface area contributed by atoms with Crippen LogP contribution in [0.15, 0.2) is 29.4 Å². The lowest BCUT2D eigenvalue weighted by molar-refractivity contribution is -0.384. The highest BCUT2D eigenvalue weighted by atomic mass is 16.6. The van der Waals surface area contributed by atoms with Crippen LogP contribution in [0.3, 0.4) is 0 Å². The summed E-state index contributed by atoms with van der Waals surface area (Å²) in [5, 5.41) is 14.9. The van der Waals surface area contributed by atoms with Gasteiger partial charge in [0.05, 0.1) is 11.5 Å². The molecule has 124 valence electrons. The first-order valence-electron chi connectivity index (χ1n) is 7.08. The van der Waals surface area contributed by atoms with E-state index in [0.29, 0.717) is 4.90 Å². The lowest BCUT2D eigenvalue weighted by Gasteiger charge is -2.15. The van der Waals surface area contributed by atoms with Gasteiger partial charge in [0.15, 0.2) is 5.71 Å². The molecule has 0 saturated carbocycles. The average Bonchev–Trinajstić information content (AvgIpc) is 3.09. The Morgan fingerprint density at radius 2 is 2.08 bits per heavy atom. The van der Waals surface area contributed by atoms with Crippen LogP contribution in [0.1, 0.15) is 6.92 Å². The fraction of sp³-hybridized carbons (Fsp3) is 0.286. The first-order valence-corrected chi connectivity index (χ1v) is 7.08. The molecule has 1 N–H and O–H groups in total. The first kappa shape index (κ1) is 15.6. The van der Waals surface area contributed by atoms with Crippen LogP contribution < -0.4 is 10.3 Å². The molecule has 2 heterocycles. The number of hydrazone groups is 1. The second-order valence-electron chi connectivity index (χ2n) is 5.06. The Kier molecular flexibility index (Phi) is 3.72. The van der Waals surface area contributed by atoms with Crippen LogP contribution in [0.2, 0.25) is 0 Å². The van der Waals surface area contributed by atoms with Crippen molar-refractivity contribution in [3.05, 3.63) is 34.4 Å². The summed E-state index contributed by atoms with van der Waals surface area (Å²) in [5.74, 6) is -3.42. The highest BCUT2D eigenvalue weighted by molar-refractivity contribution is 6.46. The van der Waals surface area contributed by atoms with E-state index in [1.165, 1.54) is 24.3 Å². The molecule has 0 spiro atoms. The molecule has 2 unspecified atom stereocenters. The van der Waals surface area contributed by atoms with Gasteiger partial charge in [0.25, 0.3) is 11.6 Å². The van der Waals surface area contributed by atoms with Gasteiger partial charge in [0, 0.05) is 6.07 Å². The lowest BCUT2D eigenvalue weighted by Crippen LogP contribution is -2.36. The zero-order valence-corrected chi connectivity index (χ0v) is 12.5. The van der Waals surface area contributed by atoms with E-state index >= 15 is 0 Å². The van der Waals surface area contributed by atoms with Crippen molar-refractivity contribution in [1.29, 1.82) is 0 Å². The Morgan fingerprint density at radius 1 is 1.38 bits per heavy atom. The number of amides is 2.